The van der Waals surface area contributed by atoms with Gasteiger partial charge in [0.05, 0.1) is 12.2 Å². The van der Waals surface area contributed by atoms with Gasteiger partial charge in [0, 0.05) is 48.7 Å². The third-order valence-corrected chi connectivity index (χ3v) is 7.72. The van der Waals surface area contributed by atoms with E-state index >= 15 is 0 Å². The minimum Gasteiger partial charge on any atom is -0.463 e. The first-order valence-electron chi connectivity index (χ1n) is 11.9. The summed E-state index contributed by atoms with van der Waals surface area (Å²) in [5, 5.41) is 8.87. The summed E-state index contributed by atoms with van der Waals surface area (Å²) < 4.78 is 20.0. The van der Waals surface area contributed by atoms with Gasteiger partial charge in [0.1, 0.15) is 11.9 Å². The monoisotopic (exact) mass is 497 g/mol. The lowest BCUT2D eigenvalue weighted by Crippen LogP contribution is -2.45. The molecule has 1 unspecified atom stereocenters. The number of piperidine rings is 1. The van der Waals surface area contributed by atoms with Gasteiger partial charge in [0.15, 0.2) is 10.8 Å². The minimum absolute atomic E-state index is 0.0548. The summed E-state index contributed by atoms with van der Waals surface area (Å²) in [6.07, 6.45) is 2.48. The van der Waals surface area contributed by atoms with E-state index in [9.17, 15) is 14.0 Å². The van der Waals surface area contributed by atoms with Crippen molar-refractivity contribution >= 4 is 29.0 Å². The molecule has 35 heavy (non-hydrogen) atoms. The number of halogens is 1. The number of ether oxygens (including phenoxy) is 1. The topological polar surface area (TPSA) is 95.9 Å². The lowest BCUT2D eigenvalue weighted by Gasteiger charge is -2.36. The van der Waals surface area contributed by atoms with Gasteiger partial charge in [0.2, 0.25) is 5.91 Å². The Morgan fingerprint density at radius 1 is 1.37 bits per heavy atom. The Morgan fingerprint density at radius 2 is 2.23 bits per heavy atom. The minimum atomic E-state index is -0.729. The number of aliphatic imine (C=N–C) groups is 1. The molecular formula is C25H28FN5O3S. The molecule has 10 heteroatoms. The molecule has 8 nitrogen and oxygen atoms in total. The first kappa shape index (κ1) is 23.6. The Morgan fingerprint density at radius 3 is 3.00 bits per heavy atom. The number of nitrogens with zero attached hydrogens (tertiary/aromatic N) is 3. The van der Waals surface area contributed by atoms with E-state index in [-0.39, 0.29) is 30.2 Å². The van der Waals surface area contributed by atoms with Crippen LogP contribution in [0.25, 0.3) is 0 Å². The maximum atomic E-state index is 14.6. The maximum absolute atomic E-state index is 14.6. The Balaban J connectivity index is 1.55. The number of carbonyl (C=O) groups excluding carboxylic acids is 2. The van der Waals surface area contributed by atoms with Gasteiger partial charge in [0.25, 0.3) is 0 Å². The summed E-state index contributed by atoms with van der Waals surface area (Å²) in [5.41, 5.74) is 2.11. The molecule has 1 aromatic carbocycles. The van der Waals surface area contributed by atoms with Crippen LogP contribution in [0.15, 0.2) is 46.0 Å². The zero-order valence-corrected chi connectivity index (χ0v) is 20.5. The van der Waals surface area contributed by atoms with Crippen LogP contribution in [0.3, 0.4) is 0 Å². The van der Waals surface area contributed by atoms with Gasteiger partial charge < -0.3 is 15.4 Å². The predicted octanol–water partition coefficient (Wildman–Crippen LogP) is 2.57. The number of esters is 1. The molecule has 184 valence electrons. The van der Waals surface area contributed by atoms with Gasteiger partial charge in [-0.2, -0.15) is 0 Å². The van der Waals surface area contributed by atoms with Crippen LogP contribution >= 0.6 is 11.3 Å². The highest BCUT2D eigenvalue weighted by Gasteiger charge is 2.40. The quantitative estimate of drug-likeness (QED) is 0.596. The highest BCUT2D eigenvalue weighted by Crippen LogP contribution is 2.36. The molecule has 2 N–H and O–H groups in total. The fraction of sp³-hybridized carbons (Fsp3) is 0.440. The summed E-state index contributed by atoms with van der Waals surface area (Å²) in [6.45, 7) is 6.30. The molecule has 2 aromatic rings. The third kappa shape index (κ3) is 4.60. The Labute approximate surface area is 207 Å². The maximum Gasteiger partial charge on any atom is 0.338 e. The molecule has 0 aliphatic carbocycles. The molecule has 2 fully saturated rings. The van der Waals surface area contributed by atoms with E-state index in [1.165, 1.54) is 17.4 Å². The van der Waals surface area contributed by atoms with E-state index in [2.05, 4.69) is 20.5 Å². The number of aromatic nitrogens is 1. The van der Waals surface area contributed by atoms with Crippen molar-refractivity contribution in [2.45, 2.75) is 26.3 Å². The molecule has 0 spiro atoms. The number of fused-ring (bicyclic) bond motifs is 1. The lowest BCUT2D eigenvalue weighted by molar-refractivity contribution is -0.139. The van der Waals surface area contributed by atoms with Crippen LogP contribution in [0.4, 0.5) is 4.39 Å². The SMILES string of the molecule is CCOC(=O)C1=C(CN2CC[C@H]3C(=O)NC[C@@H]3C2)NC(c2nccs2)=NC1c1cccc(F)c1C. The number of hydrogen-bond acceptors (Lipinski definition) is 8. The average molecular weight is 498 g/mol. The van der Waals surface area contributed by atoms with Crippen molar-refractivity contribution in [3.05, 3.63) is 63.0 Å². The third-order valence-electron chi connectivity index (χ3n) is 6.94. The molecule has 3 aliphatic rings. The van der Waals surface area contributed by atoms with Gasteiger partial charge in [-0.15, -0.1) is 11.3 Å². The van der Waals surface area contributed by atoms with Crippen LogP contribution in [0.1, 0.15) is 35.5 Å². The Bertz CT molecular complexity index is 1200. The number of nitrogens with one attached hydrogen (secondary N) is 2. The van der Waals surface area contributed by atoms with Crippen molar-refractivity contribution < 1.29 is 18.7 Å². The Kier molecular flexibility index (Phi) is 6.66. The molecule has 4 heterocycles. The standard InChI is InChI=1S/C25H28FN5O3S/c1-3-34-25(33)20-19(13-31-9-7-17-15(12-31)11-28-23(17)32)29-22(24-27-8-10-35-24)30-21(20)16-5-4-6-18(26)14(16)2/h4-6,8,10,15,17,21H,3,7,9,11-13H2,1-2H3,(H,28,32)(H,29,30)/t15-,17-,21?/m1/s1. The molecule has 5 rings (SSSR count). The van der Waals surface area contributed by atoms with Gasteiger partial charge in [-0.25, -0.2) is 14.2 Å². The number of amides is 1. The smallest absolute Gasteiger partial charge is 0.338 e. The van der Waals surface area contributed by atoms with Crippen molar-refractivity contribution in [1.29, 1.82) is 0 Å². The molecule has 1 amide bonds. The fourth-order valence-corrected chi connectivity index (χ4v) is 5.74. The zero-order chi connectivity index (χ0) is 24.5. The van der Waals surface area contributed by atoms with E-state index < -0.39 is 12.0 Å². The zero-order valence-electron chi connectivity index (χ0n) is 19.7. The van der Waals surface area contributed by atoms with E-state index in [4.69, 9.17) is 9.73 Å². The number of thiazole rings is 1. The van der Waals surface area contributed by atoms with Crippen LogP contribution in [0.5, 0.6) is 0 Å². The van der Waals surface area contributed by atoms with Crippen molar-refractivity contribution in [1.82, 2.24) is 20.5 Å². The lowest BCUT2D eigenvalue weighted by atomic mass is 9.87. The Hall–Kier alpha value is -3.11. The van der Waals surface area contributed by atoms with E-state index in [1.54, 1.807) is 32.2 Å². The van der Waals surface area contributed by atoms with Crippen LogP contribution < -0.4 is 10.6 Å². The van der Waals surface area contributed by atoms with Gasteiger partial charge in [-0.05, 0) is 44.0 Å². The van der Waals surface area contributed by atoms with Crippen molar-refractivity contribution in [3.8, 4) is 0 Å². The number of likely N-dealkylation sites (tertiary alicyclic amines) is 1. The molecule has 3 atom stereocenters. The first-order valence-corrected chi connectivity index (χ1v) is 12.7. The number of amidine groups is 1. The number of carbonyl (C=O) groups is 2. The number of rotatable bonds is 6. The molecular weight excluding hydrogens is 469 g/mol. The van der Waals surface area contributed by atoms with Gasteiger partial charge >= 0.3 is 5.97 Å². The number of benzene rings is 1. The molecule has 0 bridgehead atoms. The highest BCUT2D eigenvalue weighted by molar-refractivity contribution is 7.11. The second-order valence-electron chi connectivity index (χ2n) is 9.04. The van der Waals surface area contributed by atoms with E-state index in [1.807, 2.05) is 5.38 Å². The summed E-state index contributed by atoms with van der Waals surface area (Å²) in [5.74, 6) is 0.163. The molecule has 0 saturated carbocycles. The summed E-state index contributed by atoms with van der Waals surface area (Å²) >= 11 is 1.44. The first-order chi connectivity index (χ1) is 17.0. The van der Waals surface area contributed by atoms with Crippen molar-refractivity contribution in [2.24, 2.45) is 16.8 Å². The predicted molar refractivity (Wildman–Crippen MR) is 130 cm³/mol. The van der Waals surface area contributed by atoms with Crippen molar-refractivity contribution in [2.75, 3.05) is 32.8 Å². The summed E-state index contributed by atoms with van der Waals surface area (Å²) in [4.78, 5) is 36.9. The summed E-state index contributed by atoms with van der Waals surface area (Å²) in [6, 6.07) is 4.11. The van der Waals surface area contributed by atoms with Gasteiger partial charge in [-0.3, -0.25) is 14.7 Å². The molecule has 0 radical (unpaired) electrons. The summed E-state index contributed by atoms with van der Waals surface area (Å²) in [7, 11) is 0. The molecule has 1 aromatic heterocycles. The van der Waals surface area contributed by atoms with Gasteiger partial charge in [-0.1, -0.05) is 12.1 Å². The second kappa shape index (κ2) is 9.87. The fourth-order valence-electron chi connectivity index (χ4n) is 5.15. The van der Waals surface area contributed by atoms with E-state index in [0.717, 1.165) is 19.5 Å². The van der Waals surface area contributed by atoms with Crippen molar-refractivity contribution in [3.63, 3.8) is 0 Å². The van der Waals surface area contributed by atoms with Crippen LogP contribution in [-0.2, 0) is 14.3 Å². The largest absolute Gasteiger partial charge is 0.463 e. The number of hydrogen-bond donors (Lipinski definition) is 2. The van der Waals surface area contributed by atoms with Crippen LogP contribution in [0.2, 0.25) is 0 Å². The molecule has 2 saturated heterocycles. The highest BCUT2D eigenvalue weighted by atomic mass is 32.1. The van der Waals surface area contributed by atoms with E-state index in [0.29, 0.717) is 46.3 Å². The normalized spacial score (nSPS) is 24.5. The van der Waals surface area contributed by atoms with Crippen LogP contribution in [0, 0.1) is 24.6 Å². The molecule has 3 aliphatic heterocycles. The second-order valence-corrected chi connectivity index (χ2v) is 9.94. The average Bonchev–Trinajstić information content (AvgIpc) is 3.51. The van der Waals surface area contributed by atoms with Crippen LogP contribution in [-0.4, -0.2) is 60.4 Å².